The van der Waals surface area contributed by atoms with Gasteiger partial charge in [0.05, 0.1) is 12.4 Å². The Hall–Kier alpha value is -0.950. The molecule has 1 aliphatic heterocycles. The highest BCUT2D eigenvalue weighted by Gasteiger charge is 2.48. The first-order chi connectivity index (χ1) is 9.02. The van der Waals surface area contributed by atoms with Gasteiger partial charge in [0.2, 0.25) is 0 Å². The van der Waals surface area contributed by atoms with Crippen molar-refractivity contribution in [1.29, 1.82) is 0 Å². The zero-order valence-corrected chi connectivity index (χ0v) is 14.4. The molecule has 0 saturated heterocycles. The van der Waals surface area contributed by atoms with Crippen LogP contribution < -0.4 is 14.8 Å². The molecular weight excluding hydrogens is 271 g/mol. The van der Waals surface area contributed by atoms with E-state index in [1.165, 1.54) is 0 Å². The monoisotopic (exact) mass is 296 g/mol. The quantitative estimate of drug-likeness (QED) is 0.731. The molecule has 1 atom stereocenters. The van der Waals surface area contributed by atoms with Crippen molar-refractivity contribution in [2.75, 3.05) is 13.5 Å². The van der Waals surface area contributed by atoms with Crippen LogP contribution in [0.25, 0.3) is 0 Å². The smallest absolute Gasteiger partial charge is 0.163 e. The molecule has 1 aliphatic rings. The molecule has 0 aromatic heterocycles. The lowest BCUT2D eigenvalue weighted by atomic mass is 9.86. The van der Waals surface area contributed by atoms with Crippen LogP contribution in [0.3, 0.4) is 0 Å². The third kappa shape index (κ3) is 2.16. The van der Waals surface area contributed by atoms with Gasteiger partial charge in [-0.15, -0.1) is 0 Å². The van der Waals surface area contributed by atoms with Crippen molar-refractivity contribution in [1.82, 2.24) is 0 Å². The van der Waals surface area contributed by atoms with Gasteiger partial charge in [-0.1, -0.05) is 47.6 Å². The van der Waals surface area contributed by atoms with Crippen LogP contribution in [0.1, 0.15) is 47.1 Å². The van der Waals surface area contributed by atoms with E-state index in [9.17, 15) is 4.57 Å². The fraction of sp³-hybridized carbons (Fsp3) is 0.625. The molecule has 20 heavy (non-hydrogen) atoms. The van der Waals surface area contributed by atoms with E-state index < -0.39 is 7.14 Å². The molecule has 112 valence electrons. The van der Waals surface area contributed by atoms with Crippen molar-refractivity contribution in [2.24, 2.45) is 0 Å². The summed E-state index contributed by atoms with van der Waals surface area (Å²) in [6, 6.07) is 3.95. The van der Waals surface area contributed by atoms with Crippen molar-refractivity contribution in [2.45, 2.75) is 52.1 Å². The van der Waals surface area contributed by atoms with Crippen LogP contribution >= 0.6 is 7.14 Å². The molecule has 0 spiro atoms. The number of ether oxygens (including phenoxy) is 2. The highest BCUT2D eigenvalue weighted by Crippen LogP contribution is 2.64. The number of fused-ring (bicyclic) bond motifs is 1. The Morgan fingerprint density at radius 3 is 2.20 bits per heavy atom. The summed E-state index contributed by atoms with van der Waals surface area (Å²) in [6.07, 6.45) is 0.273. The predicted molar refractivity (Wildman–Crippen MR) is 84.2 cm³/mol. The molecule has 1 unspecified atom stereocenters. The van der Waals surface area contributed by atoms with Crippen LogP contribution in [0, 0.1) is 0 Å². The normalized spacial score (nSPS) is 22.4. The minimum Gasteiger partial charge on any atom is -0.496 e. The van der Waals surface area contributed by atoms with Gasteiger partial charge in [0.15, 0.2) is 7.14 Å². The molecule has 2 rings (SSSR count). The SMILES string of the molecule is COc1ccc(C(C)(C)C)c2c1P(=O)(C(C)(C)C)CO2. The largest absolute Gasteiger partial charge is 0.496 e. The third-order valence-electron chi connectivity index (χ3n) is 3.96. The highest BCUT2D eigenvalue weighted by atomic mass is 31.2. The average molecular weight is 296 g/mol. The Balaban J connectivity index is 2.78. The van der Waals surface area contributed by atoms with E-state index in [0.717, 1.165) is 16.6 Å². The van der Waals surface area contributed by atoms with Crippen molar-refractivity contribution in [3.8, 4) is 11.5 Å². The van der Waals surface area contributed by atoms with Crippen LogP contribution in [0.2, 0.25) is 0 Å². The number of benzene rings is 1. The van der Waals surface area contributed by atoms with E-state index in [1.54, 1.807) is 7.11 Å². The van der Waals surface area contributed by atoms with Gasteiger partial charge in [-0.2, -0.15) is 0 Å². The molecule has 0 fully saturated rings. The van der Waals surface area contributed by atoms with E-state index in [0.29, 0.717) is 5.75 Å². The zero-order valence-electron chi connectivity index (χ0n) is 13.5. The van der Waals surface area contributed by atoms with Gasteiger partial charge in [0.25, 0.3) is 0 Å². The summed E-state index contributed by atoms with van der Waals surface area (Å²) in [5.74, 6) is 1.46. The van der Waals surface area contributed by atoms with Crippen LogP contribution in [0.15, 0.2) is 12.1 Å². The second kappa shape index (κ2) is 4.53. The lowest BCUT2D eigenvalue weighted by Crippen LogP contribution is -2.23. The molecule has 1 aromatic carbocycles. The number of hydrogen-bond acceptors (Lipinski definition) is 3. The first-order valence-electron chi connectivity index (χ1n) is 6.96. The Kier molecular flexibility index (Phi) is 3.49. The second-order valence-corrected chi connectivity index (χ2v) is 11.0. The molecule has 1 aromatic rings. The van der Waals surface area contributed by atoms with Crippen LogP contribution in [0.4, 0.5) is 0 Å². The molecule has 4 heteroatoms. The van der Waals surface area contributed by atoms with Crippen molar-refractivity contribution in [3.63, 3.8) is 0 Å². The lowest BCUT2D eigenvalue weighted by molar-refractivity contribution is 0.374. The maximum atomic E-state index is 13.5. The highest BCUT2D eigenvalue weighted by molar-refractivity contribution is 7.73. The minimum absolute atomic E-state index is 0.0522. The van der Waals surface area contributed by atoms with Crippen molar-refractivity contribution < 1.29 is 14.0 Å². The van der Waals surface area contributed by atoms with Crippen molar-refractivity contribution >= 4 is 12.4 Å². The zero-order chi connectivity index (χ0) is 15.3. The Morgan fingerprint density at radius 2 is 1.75 bits per heavy atom. The molecule has 0 bridgehead atoms. The number of methoxy groups -OCH3 is 1. The molecule has 0 radical (unpaired) electrons. The van der Waals surface area contributed by atoms with Gasteiger partial charge in [0.1, 0.15) is 17.8 Å². The van der Waals surface area contributed by atoms with Crippen LogP contribution in [-0.2, 0) is 9.98 Å². The van der Waals surface area contributed by atoms with Crippen molar-refractivity contribution in [3.05, 3.63) is 17.7 Å². The standard InChI is InChI=1S/C16H25O3P/c1-15(2,3)11-8-9-12(18-7)14-13(11)19-10-20(14,17)16(4,5)6/h8-9H,10H2,1-7H3. The third-order valence-corrected chi connectivity index (χ3v) is 7.76. The van der Waals surface area contributed by atoms with Crippen LogP contribution in [0.5, 0.6) is 11.5 Å². The maximum absolute atomic E-state index is 13.5. The summed E-state index contributed by atoms with van der Waals surface area (Å²) in [6.45, 7) is 12.4. The van der Waals surface area contributed by atoms with Gasteiger partial charge < -0.3 is 14.0 Å². The summed E-state index contributed by atoms with van der Waals surface area (Å²) in [4.78, 5) is 0. The van der Waals surface area contributed by atoms with Crippen LogP contribution in [-0.4, -0.2) is 18.6 Å². The Bertz CT molecular complexity index is 577. The second-order valence-electron chi connectivity index (χ2n) is 7.43. The molecule has 3 nitrogen and oxygen atoms in total. The molecular formula is C16H25O3P. The fourth-order valence-electron chi connectivity index (χ4n) is 2.55. The van der Waals surface area contributed by atoms with E-state index in [-0.39, 0.29) is 16.9 Å². The summed E-state index contributed by atoms with van der Waals surface area (Å²) in [5.41, 5.74) is 1.04. The van der Waals surface area contributed by atoms with Gasteiger partial charge in [-0.25, -0.2) is 0 Å². The molecule has 0 saturated carbocycles. The van der Waals surface area contributed by atoms with Gasteiger partial charge in [0, 0.05) is 10.7 Å². The van der Waals surface area contributed by atoms with E-state index in [4.69, 9.17) is 9.47 Å². The molecule has 0 N–H and O–H groups in total. The first-order valence-corrected chi connectivity index (χ1v) is 8.85. The number of hydrogen-bond donors (Lipinski definition) is 0. The molecule has 0 amide bonds. The van der Waals surface area contributed by atoms with Gasteiger partial charge in [-0.05, 0) is 11.5 Å². The fourth-order valence-corrected chi connectivity index (χ4v) is 5.08. The maximum Gasteiger partial charge on any atom is 0.163 e. The summed E-state index contributed by atoms with van der Waals surface area (Å²) in [5, 5.41) is 0.460. The van der Waals surface area contributed by atoms with E-state index >= 15 is 0 Å². The summed E-state index contributed by atoms with van der Waals surface area (Å²) >= 11 is 0. The topological polar surface area (TPSA) is 35.5 Å². The Labute approximate surface area is 122 Å². The summed E-state index contributed by atoms with van der Waals surface area (Å²) in [7, 11) is -1.02. The van der Waals surface area contributed by atoms with Gasteiger partial charge in [-0.3, -0.25) is 0 Å². The predicted octanol–water partition coefficient (Wildman–Crippen LogP) is 4.13. The average Bonchev–Trinajstić information content (AvgIpc) is 2.66. The molecule has 0 aliphatic carbocycles. The Morgan fingerprint density at radius 1 is 1.15 bits per heavy atom. The summed E-state index contributed by atoms with van der Waals surface area (Å²) < 4.78 is 24.9. The van der Waals surface area contributed by atoms with E-state index in [2.05, 4.69) is 20.8 Å². The van der Waals surface area contributed by atoms with Gasteiger partial charge >= 0.3 is 0 Å². The molecule has 1 heterocycles. The number of rotatable bonds is 1. The minimum atomic E-state index is -2.64. The van der Waals surface area contributed by atoms with E-state index in [1.807, 2.05) is 32.9 Å². The lowest BCUT2D eigenvalue weighted by Gasteiger charge is -2.28. The first kappa shape index (κ1) is 15.4.